The number of amides is 3. The molecule has 4 rings (SSSR count). The van der Waals surface area contributed by atoms with Gasteiger partial charge in [0.2, 0.25) is 11.8 Å². The number of aromatic nitrogens is 1. The lowest BCUT2D eigenvalue weighted by atomic mass is 9.77. The summed E-state index contributed by atoms with van der Waals surface area (Å²) in [6, 6.07) is 17.5. The van der Waals surface area contributed by atoms with E-state index in [4.69, 9.17) is 10.8 Å². The quantitative estimate of drug-likeness (QED) is 0.366. The minimum atomic E-state index is -1.36. The number of carbonyl (C=O) groups excluding carboxylic acids is 3. The summed E-state index contributed by atoms with van der Waals surface area (Å²) >= 11 is 0. The summed E-state index contributed by atoms with van der Waals surface area (Å²) in [6.07, 6.45) is 2.13. The van der Waals surface area contributed by atoms with Crippen molar-refractivity contribution in [1.29, 1.82) is 0 Å². The van der Waals surface area contributed by atoms with Crippen LogP contribution in [0.3, 0.4) is 0 Å². The normalized spacial score (nSPS) is 17.6. The number of likely N-dealkylation sites (tertiary alicyclic amines) is 1. The summed E-state index contributed by atoms with van der Waals surface area (Å²) in [7, 11) is 0. The van der Waals surface area contributed by atoms with Gasteiger partial charge >= 0.3 is 5.97 Å². The van der Waals surface area contributed by atoms with Crippen LogP contribution in [0, 0.1) is 5.92 Å². The molecule has 9 nitrogen and oxygen atoms in total. The van der Waals surface area contributed by atoms with Crippen LogP contribution in [0.25, 0.3) is 10.9 Å². The first kappa shape index (κ1) is 27.9. The number of benzene rings is 2. The minimum Gasteiger partial charge on any atom is -0.481 e. The van der Waals surface area contributed by atoms with Crippen molar-refractivity contribution < 1.29 is 24.3 Å². The molecule has 1 unspecified atom stereocenters. The fraction of sp³-hybridized carbons (Fsp3) is 0.400. The zero-order valence-electron chi connectivity index (χ0n) is 22.4. The Kier molecular flexibility index (Phi) is 8.38. The number of primary amides is 1. The average Bonchev–Trinajstić information content (AvgIpc) is 3.18. The molecule has 0 saturated carbocycles. The number of aliphatic carboxylic acids is 1. The molecule has 3 amide bonds. The third kappa shape index (κ3) is 5.39. The molecule has 1 aliphatic rings. The molecule has 0 aliphatic carbocycles. The Morgan fingerprint density at radius 1 is 1.08 bits per heavy atom. The van der Waals surface area contributed by atoms with Crippen LogP contribution in [0.5, 0.6) is 0 Å². The van der Waals surface area contributed by atoms with E-state index >= 15 is 0 Å². The lowest BCUT2D eigenvalue weighted by Crippen LogP contribution is -2.63. The van der Waals surface area contributed by atoms with Crippen molar-refractivity contribution in [3.63, 3.8) is 0 Å². The predicted molar refractivity (Wildman–Crippen MR) is 148 cm³/mol. The van der Waals surface area contributed by atoms with Crippen LogP contribution < -0.4 is 11.1 Å². The van der Waals surface area contributed by atoms with Crippen molar-refractivity contribution in [2.45, 2.75) is 64.1 Å². The van der Waals surface area contributed by atoms with Gasteiger partial charge in [-0.15, -0.1) is 0 Å². The van der Waals surface area contributed by atoms with Crippen molar-refractivity contribution in [2.24, 2.45) is 11.7 Å². The van der Waals surface area contributed by atoms with Crippen molar-refractivity contribution in [3.8, 4) is 0 Å². The number of carboxylic acid groups (broad SMARTS) is 1. The van der Waals surface area contributed by atoms with Gasteiger partial charge in [-0.3, -0.25) is 19.2 Å². The van der Waals surface area contributed by atoms with E-state index in [0.717, 1.165) is 10.9 Å². The summed E-state index contributed by atoms with van der Waals surface area (Å²) in [5, 5.41) is 12.9. The number of nitrogens with zero attached hydrogens (tertiary/aromatic N) is 2. The van der Waals surface area contributed by atoms with Crippen LogP contribution in [-0.4, -0.2) is 50.9 Å². The van der Waals surface area contributed by atoms with Crippen LogP contribution >= 0.6 is 0 Å². The molecule has 2 heterocycles. The number of para-hydroxylation sites is 1. The third-order valence-electron chi connectivity index (χ3n) is 7.66. The van der Waals surface area contributed by atoms with Gasteiger partial charge in [-0.1, -0.05) is 62.4 Å². The van der Waals surface area contributed by atoms with Gasteiger partial charge in [-0.25, -0.2) is 0 Å². The molecule has 0 bridgehead atoms. The highest BCUT2D eigenvalue weighted by molar-refractivity contribution is 6.01. The average molecular weight is 533 g/mol. The zero-order chi connectivity index (χ0) is 28.2. The summed E-state index contributed by atoms with van der Waals surface area (Å²) < 4.78 is 1.80. The molecule has 2 atom stereocenters. The van der Waals surface area contributed by atoms with Gasteiger partial charge < -0.3 is 25.6 Å². The molecule has 2 aromatic carbocycles. The van der Waals surface area contributed by atoms with Gasteiger partial charge in [0, 0.05) is 30.4 Å². The van der Waals surface area contributed by atoms with Crippen LogP contribution in [0.2, 0.25) is 0 Å². The largest absolute Gasteiger partial charge is 0.481 e. The van der Waals surface area contributed by atoms with Crippen molar-refractivity contribution >= 4 is 34.6 Å². The highest BCUT2D eigenvalue weighted by Gasteiger charge is 2.51. The summed E-state index contributed by atoms with van der Waals surface area (Å²) in [5.41, 5.74) is 6.51. The van der Waals surface area contributed by atoms with E-state index in [1.807, 2.05) is 68.4 Å². The molecule has 1 saturated heterocycles. The van der Waals surface area contributed by atoms with Crippen molar-refractivity contribution in [2.75, 3.05) is 6.54 Å². The SMILES string of the molecule is CC(C)C(C(N)=O)(c1ccccc1)N1CCCC[C@@H](NC(=O)c2cc3ccccc3n2CCCC(=O)O)C1=O. The molecule has 3 aromatic rings. The maximum atomic E-state index is 14.1. The standard InChI is InChI=1S/C30H36N4O5/c1-20(2)30(29(31)39,22-12-4-3-5-13-22)34-18-9-8-14-23(28(34)38)32-27(37)25-19-21-11-6-7-15-24(21)33(25)17-10-16-26(35)36/h3-7,11-13,15,19-20,23H,8-10,14,16-18H2,1-2H3,(H2,31,39)(H,32,37)(H,35,36)/t23-,30?/m1/s1. The Bertz CT molecular complexity index is 1370. The van der Waals surface area contributed by atoms with Crippen LogP contribution in [0.15, 0.2) is 60.7 Å². The minimum absolute atomic E-state index is 0.0203. The molecule has 1 aromatic heterocycles. The van der Waals surface area contributed by atoms with E-state index in [9.17, 15) is 19.2 Å². The molecule has 1 aliphatic heterocycles. The topological polar surface area (TPSA) is 135 Å². The van der Waals surface area contributed by atoms with E-state index in [0.29, 0.717) is 50.0 Å². The van der Waals surface area contributed by atoms with Crippen LogP contribution in [0.4, 0.5) is 0 Å². The monoisotopic (exact) mass is 532 g/mol. The van der Waals surface area contributed by atoms with Crippen LogP contribution in [-0.2, 0) is 26.5 Å². The predicted octanol–water partition coefficient (Wildman–Crippen LogP) is 3.65. The highest BCUT2D eigenvalue weighted by atomic mass is 16.4. The number of aryl methyl sites for hydroxylation is 1. The molecule has 9 heteroatoms. The molecule has 0 radical (unpaired) electrons. The molecule has 4 N–H and O–H groups in total. The van der Waals surface area contributed by atoms with Gasteiger partial charge in [-0.2, -0.15) is 0 Å². The summed E-state index contributed by atoms with van der Waals surface area (Å²) in [5.74, 6) is -2.58. The fourth-order valence-corrected chi connectivity index (χ4v) is 5.84. The number of hydrogen-bond donors (Lipinski definition) is 3. The third-order valence-corrected chi connectivity index (χ3v) is 7.66. The fourth-order valence-electron chi connectivity index (χ4n) is 5.84. The maximum Gasteiger partial charge on any atom is 0.303 e. The van der Waals surface area contributed by atoms with Crippen LogP contribution in [0.1, 0.15) is 62.0 Å². The molecular weight excluding hydrogens is 496 g/mol. The van der Waals surface area contributed by atoms with Gasteiger partial charge in [-0.05, 0) is 49.3 Å². The summed E-state index contributed by atoms with van der Waals surface area (Å²) in [4.78, 5) is 53.5. The number of rotatable bonds is 10. The van der Waals surface area contributed by atoms with Gasteiger partial charge in [0.05, 0.1) is 0 Å². The maximum absolute atomic E-state index is 14.1. The van der Waals surface area contributed by atoms with E-state index in [1.165, 1.54) is 0 Å². The van der Waals surface area contributed by atoms with Gasteiger partial charge in [0.15, 0.2) is 0 Å². The Hall–Kier alpha value is -4.14. The molecule has 206 valence electrons. The lowest BCUT2D eigenvalue weighted by Gasteiger charge is -2.45. The molecule has 39 heavy (non-hydrogen) atoms. The number of fused-ring (bicyclic) bond motifs is 1. The second kappa shape index (κ2) is 11.7. The molecule has 1 fully saturated rings. The Morgan fingerprint density at radius 2 is 1.77 bits per heavy atom. The van der Waals surface area contributed by atoms with Gasteiger partial charge in [0.25, 0.3) is 5.91 Å². The van der Waals surface area contributed by atoms with E-state index in [2.05, 4.69) is 5.32 Å². The Morgan fingerprint density at radius 3 is 2.44 bits per heavy atom. The number of carbonyl (C=O) groups is 4. The van der Waals surface area contributed by atoms with E-state index < -0.39 is 29.4 Å². The Balaban J connectivity index is 1.67. The van der Waals surface area contributed by atoms with E-state index in [-0.39, 0.29) is 18.2 Å². The zero-order valence-corrected chi connectivity index (χ0v) is 22.4. The molecule has 0 spiro atoms. The smallest absolute Gasteiger partial charge is 0.303 e. The lowest BCUT2D eigenvalue weighted by molar-refractivity contribution is -0.151. The second-order valence-corrected chi connectivity index (χ2v) is 10.4. The number of carboxylic acids is 1. The Labute approximate surface area is 228 Å². The first-order valence-corrected chi connectivity index (χ1v) is 13.5. The highest BCUT2D eigenvalue weighted by Crippen LogP contribution is 2.38. The summed E-state index contributed by atoms with van der Waals surface area (Å²) in [6.45, 7) is 4.44. The first-order valence-electron chi connectivity index (χ1n) is 13.5. The van der Waals surface area contributed by atoms with E-state index in [1.54, 1.807) is 15.5 Å². The number of nitrogens with two attached hydrogens (primary N) is 1. The number of nitrogens with one attached hydrogen (secondary N) is 1. The van der Waals surface area contributed by atoms with Crippen molar-refractivity contribution in [1.82, 2.24) is 14.8 Å². The first-order chi connectivity index (χ1) is 18.7. The van der Waals surface area contributed by atoms with Crippen molar-refractivity contribution in [3.05, 3.63) is 71.9 Å². The number of hydrogen-bond acceptors (Lipinski definition) is 4. The van der Waals surface area contributed by atoms with Gasteiger partial charge in [0.1, 0.15) is 17.3 Å². The molecular formula is C30H36N4O5. The second-order valence-electron chi connectivity index (χ2n) is 10.4.